The maximum atomic E-state index is 15.0. The van der Waals surface area contributed by atoms with E-state index in [0.29, 0.717) is 18.2 Å². The molecule has 1 saturated heterocycles. The zero-order chi connectivity index (χ0) is 32.7. The molecule has 2 unspecified atom stereocenters. The van der Waals surface area contributed by atoms with Crippen molar-refractivity contribution in [1.29, 1.82) is 0 Å². The summed E-state index contributed by atoms with van der Waals surface area (Å²) < 4.78 is 174. The minimum atomic E-state index is -5.42. The normalized spacial score (nSPS) is 19.9. The Bertz CT molecular complexity index is 1370. The molecule has 2 aromatic rings. The van der Waals surface area contributed by atoms with Gasteiger partial charge in [-0.3, -0.25) is 9.63 Å². The number of carbonyl (C=O) groups is 1. The highest BCUT2D eigenvalue weighted by Gasteiger charge is 2.44. The quantitative estimate of drug-likeness (QED) is 0.320. The van der Waals surface area contributed by atoms with Crippen LogP contribution in [0, 0.1) is 0 Å². The standard InChI is InChI=1S/C24H16ClF13N2O3/c25-16-6-10(2-4-13(16)22(30,31)32)14(23(33,34)35)7-17(26)11-1-3-12(15(5-11)24(36,37)38)19(41)39-18-8-43-40(20(18)42)9-21(27,28)29/h1-7,14,18,20,42H,8-9H2,(H,39,41)/b17-7-/t14?,18-,20?/m1/s1. The largest absolute Gasteiger partial charge is 0.417 e. The van der Waals surface area contributed by atoms with Gasteiger partial charge in [0.15, 0.2) is 6.23 Å². The van der Waals surface area contributed by atoms with Crippen LogP contribution in [0.15, 0.2) is 42.5 Å². The molecule has 1 fully saturated rings. The summed E-state index contributed by atoms with van der Waals surface area (Å²) in [5.41, 5.74) is -6.67. The molecule has 1 aliphatic rings. The number of hydrogen-bond acceptors (Lipinski definition) is 4. The maximum Gasteiger partial charge on any atom is 0.417 e. The molecule has 2 aromatic carbocycles. The van der Waals surface area contributed by atoms with Crippen molar-refractivity contribution in [1.82, 2.24) is 10.4 Å². The van der Waals surface area contributed by atoms with E-state index in [-0.39, 0.29) is 29.3 Å². The Kier molecular flexibility index (Phi) is 9.70. The molecule has 3 atom stereocenters. The number of hydroxylamine groups is 2. The van der Waals surface area contributed by atoms with Crippen LogP contribution < -0.4 is 5.32 Å². The van der Waals surface area contributed by atoms with Gasteiger partial charge in [0, 0.05) is 5.56 Å². The number of alkyl halides is 12. The fourth-order valence-electron chi connectivity index (χ4n) is 3.92. The van der Waals surface area contributed by atoms with Gasteiger partial charge in [-0.05, 0) is 35.9 Å². The Morgan fingerprint density at radius 2 is 1.58 bits per heavy atom. The summed E-state index contributed by atoms with van der Waals surface area (Å²) in [5, 5.41) is 10.6. The third-order valence-corrected chi connectivity index (χ3v) is 6.21. The van der Waals surface area contributed by atoms with E-state index < -0.39 is 101 Å². The zero-order valence-electron chi connectivity index (χ0n) is 20.7. The lowest BCUT2D eigenvalue weighted by atomic mass is 9.94. The first-order chi connectivity index (χ1) is 19.5. The molecule has 5 nitrogen and oxygen atoms in total. The molecule has 0 bridgehead atoms. The fraction of sp³-hybridized carbons (Fsp3) is 0.375. The lowest BCUT2D eigenvalue weighted by Gasteiger charge is -2.22. The molecule has 43 heavy (non-hydrogen) atoms. The predicted octanol–water partition coefficient (Wildman–Crippen LogP) is 7.26. The average molecular weight is 663 g/mol. The SMILES string of the molecule is O=C(N[C@@H]1CON(CC(F)(F)F)C1O)c1ccc(/C(F)=C/C(c2ccc(C(F)(F)F)c(Cl)c2)C(F)(F)F)cc1C(F)(F)F. The van der Waals surface area contributed by atoms with E-state index in [4.69, 9.17) is 11.6 Å². The van der Waals surface area contributed by atoms with Crippen molar-refractivity contribution < 1.29 is 71.8 Å². The number of nitrogens with one attached hydrogen (secondary N) is 1. The number of carbonyl (C=O) groups excluding carboxylic acids is 1. The van der Waals surface area contributed by atoms with Gasteiger partial charge in [-0.2, -0.15) is 52.7 Å². The summed E-state index contributed by atoms with van der Waals surface area (Å²) in [6, 6.07) is 0.0437. The van der Waals surface area contributed by atoms with Crippen LogP contribution in [0.5, 0.6) is 0 Å². The summed E-state index contributed by atoms with van der Waals surface area (Å²) in [6.45, 7) is -2.56. The summed E-state index contributed by atoms with van der Waals surface area (Å²) in [5.74, 6) is -6.47. The highest BCUT2D eigenvalue weighted by Crippen LogP contribution is 2.42. The predicted molar refractivity (Wildman–Crippen MR) is 122 cm³/mol. The zero-order valence-corrected chi connectivity index (χ0v) is 21.4. The number of nitrogens with zero attached hydrogens (tertiary/aromatic N) is 1. The Morgan fingerprint density at radius 1 is 0.977 bits per heavy atom. The molecule has 1 amide bonds. The minimum Gasteiger partial charge on any atom is -0.374 e. The summed E-state index contributed by atoms with van der Waals surface area (Å²) in [7, 11) is 0. The summed E-state index contributed by atoms with van der Waals surface area (Å²) in [4.78, 5) is 17.1. The van der Waals surface area contributed by atoms with Gasteiger partial charge in [0.25, 0.3) is 5.91 Å². The van der Waals surface area contributed by atoms with E-state index in [9.17, 15) is 67.0 Å². The van der Waals surface area contributed by atoms with Gasteiger partial charge in [0.05, 0.1) is 34.4 Å². The Labute approximate surface area is 237 Å². The second-order valence-electron chi connectivity index (χ2n) is 9.01. The van der Waals surface area contributed by atoms with Gasteiger partial charge in [0.2, 0.25) is 0 Å². The van der Waals surface area contributed by atoms with E-state index in [1.54, 1.807) is 0 Å². The van der Waals surface area contributed by atoms with Crippen LogP contribution in [-0.2, 0) is 17.2 Å². The van der Waals surface area contributed by atoms with E-state index in [0.717, 1.165) is 0 Å². The third-order valence-electron chi connectivity index (χ3n) is 5.90. The van der Waals surface area contributed by atoms with Crippen molar-refractivity contribution in [2.75, 3.05) is 13.2 Å². The van der Waals surface area contributed by atoms with Crippen LogP contribution in [0.25, 0.3) is 5.83 Å². The van der Waals surface area contributed by atoms with Gasteiger partial charge in [0.1, 0.15) is 18.3 Å². The summed E-state index contributed by atoms with van der Waals surface area (Å²) >= 11 is 5.45. The Balaban J connectivity index is 1.94. The number of aliphatic hydroxyl groups excluding tert-OH is 1. The maximum absolute atomic E-state index is 15.0. The van der Waals surface area contributed by atoms with Gasteiger partial charge in [-0.15, -0.1) is 5.06 Å². The molecule has 19 heteroatoms. The van der Waals surface area contributed by atoms with Crippen LogP contribution in [0.4, 0.5) is 57.1 Å². The molecule has 2 N–H and O–H groups in total. The number of benzene rings is 2. The van der Waals surface area contributed by atoms with Crippen molar-refractivity contribution in [3.8, 4) is 0 Å². The van der Waals surface area contributed by atoms with Gasteiger partial charge in [-0.25, -0.2) is 4.39 Å². The number of amides is 1. The van der Waals surface area contributed by atoms with Crippen molar-refractivity contribution in [3.05, 3.63) is 75.3 Å². The first kappa shape index (κ1) is 34.4. The topological polar surface area (TPSA) is 61.8 Å². The molecule has 238 valence electrons. The molecule has 0 aliphatic carbocycles. The van der Waals surface area contributed by atoms with Gasteiger partial charge in [-0.1, -0.05) is 23.7 Å². The van der Waals surface area contributed by atoms with E-state index >= 15 is 0 Å². The van der Waals surface area contributed by atoms with E-state index in [1.165, 1.54) is 0 Å². The molecule has 3 rings (SSSR count). The van der Waals surface area contributed by atoms with Gasteiger partial charge < -0.3 is 10.4 Å². The van der Waals surface area contributed by atoms with Crippen molar-refractivity contribution in [2.24, 2.45) is 0 Å². The second-order valence-corrected chi connectivity index (χ2v) is 9.42. The number of halogens is 14. The number of hydrogen-bond donors (Lipinski definition) is 2. The minimum absolute atomic E-state index is 0.0224. The van der Waals surface area contributed by atoms with Crippen LogP contribution in [0.2, 0.25) is 5.02 Å². The molecule has 1 heterocycles. The lowest BCUT2D eigenvalue weighted by molar-refractivity contribution is -0.248. The molecule has 1 aliphatic heterocycles. The highest BCUT2D eigenvalue weighted by atomic mass is 35.5. The van der Waals surface area contributed by atoms with E-state index in [2.05, 4.69) is 4.84 Å². The monoisotopic (exact) mass is 662 g/mol. The molecular weight excluding hydrogens is 647 g/mol. The van der Waals surface area contributed by atoms with Crippen molar-refractivity contribution in [2.45, 2.75) is 42.9 Å². The second kappa shape index (κ2) is 12.1. The first-order valence-corrected chi connectivity index (χ1v) is 11.8. The third kappa shape index (κ3) is 8.51. The van der Waals surface area contributed by atoms with Crippen LogP contribution in [-0.4, -0.2) is 53.9 Å². The van der Waals surface area contributed by atoms with Crippen LogP contribution in [0.3, 0.4) is 0 Å². The molecule has 0 radical (unpaired) electrons. The number of rotatable bonds is 6. The summed E-state index contributed by atoms with van der Waals surface area (Å²) in [6.07, 6.45) is -23.0. The Hall–Kier alpha value is -3.09. The average Bonchev–Trinajstić information content (AvgIpc) is 3.17. The van der Waals surface area contributed by atoms with Crippen LogP contribution in [0.1, 0.15) is 38.5 Å². The van der Waals surface area contributed by atoms with Gasteiger partial charge >= 0.3 is 24.7 Å². The molecule has 0 aromatic heterocycles. The molecule has 0 spiro atoms. The lowest BCUT2D eigenvalue weighted by Crippen LogP contribution is -2.47. The Morgan fingerprint density at radius 3 is 2.09 bits per heavy atom. The number of aliphatic hydroxyl groups is 1. The molecule has 0 saturated carbocycles. The van der Waals surface area contributed by atoms with E-state index in [1.807, 2.05) is 5.32 Å². The first-order valence-electron chi connectivity index (χ1n) is 11.5. The smallest absolute Gasteiger partial charge is 0.374 e. The molecular formula is C24H16ClF13N2O3. The van der Waals surface area contributed by atoms with Crippen molar-refractivity contribution >= 4 is 23.3 Å². The van der Waals surface area contributed by atoms with Crippen LogP contribution >= 0.6 is 11.6 Å². The number of allylic oxidation sites excluding steroid dienone is 1. The fourth-order valence-corrected chi connectivity index (χ4v) is 4.22. The van der Waals surface area contributed by atoms with Crippen molar-refractivity contribution in [3.63, 3.8) is 0 Å². The highest BCUT2D eigenvalue weighted by molar-refractivity contribution is 6.31.